The highest BCUT2D eigenvalue weighted by atomic mass is 32.2. The second kappa shape index (κ2) is 6.67. The first kappa shape index (κ1) is 18.3. The van der Waals surface area contributed by atoms with Crippen molar-refractivity contribution in [3.05, 3.63) is 53.3 Å². The highest BCUT2D eigenvalue weighted by Gasteiger charge is 2.18. The number of carbonyl (C=O) groups excluding carboxylic acids is 1. The van der Waals surface area contributed by atoms with Gasteiger partial charge < -0.3 is 9.73 Å². The number of nitrogens with zero attached hydrogens (tertiary/aromatic N) is 1. The van der Waals surface area contributed by atoms with Crippen molar-refractivity contribution in [1.29, 1.82) is 0 Å². The number of furan rings is 1. The largest absolute Gasteiger partial charge is 0.464 e. The summed E-state index contributed by atoms with van der Waals surface area (Å²) in [7, 11) is -3.29. The summed E-state index contributed by atoms with van der Waals surface area (Å²) in [6.45, 7) is 0. The van der Waals surface area contributed by atoms with E-state index in [1.807, 2.05) is 0 Å². The molecule has 2 heterocycles. The van der Waals surface area contributed by atoms with Crippen LogP contribution in [0.4, 0.5) is 5.13 Å². The molecule has 1 aliphatic carbocycles. The predicted molar refractivity (Wildman–Crippen MR) is 113 cm³/mol. The predicted octanol–water partition coefficient (Wildman–Crippen LogP) is 4.12. The number of hydrogen-bond acceptors (Lipinski definition) is 6. The van der Waals surface area contributed by atoms with Gasteiger partial charge in [-0.15, -0.1) is 0 Å². The van der Waals surface area contributed by atoms with Crippen LogP contribution in [0.3, 0.4) is 0 Å². The fourth-order valence-corrected chi connectivity index (χ4v) is 5.45. The highest BCUT2D eigenvalue weighted by molar-refractivity contribution is 7.90. The third-order valence-electron chi connectivity index (χ3n) is 5.25. The summed E-state index contributed by atoms with van der Waals surface area (Å²) >= 11 is 1.26. The van der Waals surface area contributed by atoms with Gasteiger partial charge in [-0.25, -0.2) is 13.4 Å². The van der Waals surface area contributed by atoms with Crippen LogP contribution in [0.15, 0.2) is 45.9 Å². The topological polar surface area (TPSA) is 89.3 Å². The van der Waals surface area contributed by atoms with E-state index in [4.69, 9.17) is 4.42 Å². The van der Waals surface area contributed by atoms with Gasteiger partial charge >= 0.3 is 0 Å². The van der Waals surface area contributed by atoms with Gasteiger partial charge in [0.1, 0.15) is 5.58 Å². The molecule has 0 fully saturated rings. The molecule has 0 bridgehead atoms. The molecule has 1 N–H and O–H groups in total. The van der Waals surface area contributed by atoms with Gasteiger partial charge in [0, 0.05) is 17.2 Å². The summed E-state index contributed by atoms with van der Waals surface area (Å²) in [5.41, 5.74) is 5.01. The zero-order valence-electron chi connectivity index (χ0n) is 15.7. The Labute approximate surface area is 171 Å². The van der Waals surface area contributed by atoms with Gasteiger partial charge in [0.05, 0.1) is 27.8 Å². The second-order valence-electron chi connectivity index (χ2n) is 7.38. The van der Waals surface area contributed by atoms with Gasteiger partial charge in [-0.2, -0.15) is 0 Å². The van der Waals surface area contributed by atoms with Crippen LogP contribution in [0.1, 0.15) is 23.1 Å². The minimum atomic E-state index is -3.29. The quantitative estimate of drug-likeness (QED) is 0.530. The molecule has 0 unspecified atom stereocenters. The molecule has 0 aliphatic heterocycles. The standard InChI is InChI=1S/C21H18N2O4S2/c1-29(25,26)15-5-6-17-19(10-15)28-21(22-17)23-20(24)9-14-11-27-18-8-13-4-2-3-12(13)7-16(14)18/h5-8,10-11H,2-4,9H2,1H3,(H,22,23,24). The van der Waals surface area contributed by atoms with E-state index in [0.29, 0.717) is 15.3 Å². The van der Waals surface area contributed by atoms with E-state index in [9.17, 15) is 13.2 Å². The third kappa shape index (κ3) is 3.42. The van der Waals surface area contributed by atoms with Crippen molar-refractivity contribution in [2.24, 2.45) is 0 Å². The number of benzene rings is 2. The first-order valence-electron chi connectivity index (χ1n) is 9.29. The molecule has 0 radical (unpaired) electrons. The van der Waals surface area contributed by atoms with Crippen molar-refractivity contribution in [3.63, 3.8) is 0 Å². The Morgan fingerprint density at radius 2 is 2.00 bits per heavy atom. The number of sulfone groups is 1. The van der Waals surface area contributed by atoms with Crippen molar-refractivity contribution in [3.8, 4) is 0 Å². The fraction of sp³-hybridized carbons (Fsp3) is 0.238. The number of anilines is 1. The molecule has 0 saturated carbocycles. The lowest BCUT2D eigenvalue weighted by Gasteiger charge is -2.02. The van der Waals surface area contributed by atoms with Crippen molar-refractivity contribution in [2.75, 3.05) is 11.6 Å². The van der Waals surface area contributed by atoms with Crippen molar-refractivity contribution in [1.82, 2.24) is 4.98 Å². The minimum absolute atomic E-state index is 0.185. The Morgan fingerprint density at radius 1 is 1.21 bits per heavy atom. The van der Waals surface area contributed by atoms with Gasteiger partial charge in [0.2, 0.25) is 5.91 Å². The number of carbonyl (C=O) groups is 1. The van der Waals surface area contributed by atoms with Gasteiger partial charge in [0.15, 0.2) is 15.0 Å². The van der Waals surface area contributed by atoms with Gasteiger partial charge in [-0.1, -0.05) is 11.3 Å². The van der Waals surface area contributed by atoms with E-state index >= 15 is 0 Å². The Morgan fingerprint density at radius 3 is 2.79 bits per heavy atom. The number of amides is 1. The summed E-state index contributed by atoms with van der Waals surface area (Å²) in [6.07, 6.45) is 6.33. The van der Waals surface area contributed by atoms with E-state index in [2.05, 4.69) is 22.4 Å². The number of nitrogens with one attached hydrogen (secondary N) is 1. The number of aromatic nitrogens is 1. The molecule has 29 heavy (non-hydrogen) atoms. The molecule has 0 saturated heterocycles. The lowest BCUT2D eigenvalue weighted by molar-refractivity contribution is -0.115. The minimum Gasteiger partial charge on any atom is -0.464 e. The van der Waals surface area contributed by atoms with Gasteiger partial charge in [-0.3, -0.25) is 4.79 Å². The van der Waals surface area contributed by atoms with E-state index in [0.717, 1.165) is 35.8 Å². The summed E-state index contributed by atoms with van der Waals surface area (Å²) in [6, 6.07) is 9.00. The lowest BCUT2D eigenvalue weighted by Crippen LogP contribution is -2.13. The van der Waals surface area contributed by atoms with E-state index < -0.39 is 9.84 Å². The SMILES string of the molecule is CS(=O)(=O)c1ccc2nc(NC(=O)Cc3coc4cc5c(cc34)CCC5)sc2c1. The molecule has 8 heteroatoms. The molecule has 6 nitrogen and oxygen atoms in total. The molecule has 0 atom stereocenters. The lowest BCUT2D eigenvalue weighted by atomic mass is 10.0. The maximum atomic E-state index is 12.6. The van der Waals surface area contributed by atoms with Crippen LogP contribution >= 0.6 is 11.3 Å². The number of rotatable bonds is 4. The number of aryl methyl sites for hydroxylation is 2. The summed E-state index contributed by atoms with van der Waals surface area (Å²) in [5.74, 6) is -0.185. The zero-order chi connectivity index (χ0) is 20.2. The summed E-state index contributed by atoms with van der Waals surface area (Å²) < 4.78 is 29.8. The second-order valence-corrected chi connectivity index (χ2v) is 10.4. The number of hydrogen-bond donors (Lipinski definition) is 1. The van der Waals surface area contributed by atoms with Crippen LogP contribution in [0, 0.1) is 0 Å². The number of thiazole rings is 1. The molecular formula is C21H18N2O4S2. The average molecular weight is 427 g/mol. The fourth-order valence-electron chi connectivity index (χ4n) is 3.81. The normalized spacial score (nSPS) is 13.8. The van der Waals surface area contributed by atoms with Crippen LogP contribution in [0.25, 0.3) is 21.2 Å². The van der Waals surface area contributed by atoms with Crippen LogP contribution in [0.5, 0.6) is 0 Å². The van der Waals surface area contributed by atoms with Crippen molar-refractivity contribution in [2.45, 2.75) is 30.6 Å². The molecule has 5 rings (SSSR count). The van der Waals surface area contributed by atoms with Gasteiger partial charge in [-0.05, 0) is 60.7 Å². The Balaban J connectivity index is 1.37. The molecule has 2 aromatic heterocycles. The number of fused-ring (bicyclic) bond motifs is 3. The molecule has 2 aromatic carbocycles. The van der Waals surface area contributed by atoms with Crippen LogP contribution < -0.4 is 5.32 Å². The summed E-state index contributed by atoms with van der Waals surface area (Å²) in [4.78, 5) is 17.2. The molecule has 1 aliphatic rings. The molecular weight excluding hydrogens is 408 g/mol. The van der Waals surface area contributed by atoms with Gasteiger partial charge in [0.25, 0.3) is 0 Å². The Hall–Kier alpha value is -2.71. The van der Waals surface area contributed by atoms with Crippen LogP contribution in [-0.4, -0.2) is 25.6 Å². The molecule has 148 valence electrons. The van der Waals surface area contributed by atoms with Crippen LogP contribution in [0.2, 0.25) is 0 Å². The molecule has 1 amide bonds. The Kier molecular flexibility index (Phi) is 4.22. The Bertz CT molecular complexity index is 1380. The van der Waals surface area contributed by atoms with E-state index in [1.165, 1.54) is 34.8 Å². The third-order valence-corrected chi connectivity index (χ3v) is 7.30. The van der Waals surface area contributed by atoms with E-state index in [-0.39, 0.29) is 17.2 Å². The zero-order valence-corrected chi connectivity index (χ0v) is 17.3. The van der Waals surface area contributed by atoms with Crippen molar-refractivity contribution >= 4 is 53.4 Å². The molecule has 4 aromatic rings. The van der Waals surface area contributed by atoms with Crippen molar-refractivity contribution < 1.29 is 17.6 Å². The maximum Gasteiger partial charge on any atom is 0.230 e. The molecule has 0 spiro atoms. The maximum absolute atomic E-state index is 12.6. The monoisotopic (exact) mass is 426 g/mol. The first-order chi connectivity index (χ1) is 13.9. The van der Waals surface area contributed by atoms with Crippen LogP contribution in [-0.2, 0) is 33.9 Å². The first-order valence-corrected chi connectivity index (χ1v) is 12.0. The summed E-state index contributed by atoms with van der Waals surface area (Å²) in [5, 5.41) is 4.26. The smallest absolute Gasteiger partial charge is 0.230 e. The van der Waals surface area contributed by atoms with E-state index in [1.54, 1.807) is 18.4 Å². The highest BCUT2D eigenvalue weighted by Crippen LogP contribution is 2.31. The average Bonchev–Trinajstić information content (AvgIpc) is 3.36.